The summed E-state index contributed by atoms with van der Waals surface area (Å²) in [4.78, 5) is 5.54. The summed E-state index contributed by atoms with van der Waals surface area (Å²) >= 11 is 1.95. The summed E-state index contributed by atoms with van der Waals surface area (Å²) in [5.41, 5.74) is 6.45. The number of hydrogen-bond acceptors (Lipinski definition) is 3. The molecule has 2 N–H and O–H groups in total. The van der Waals surface area contributed by atoms with Crippen LogP contribution >= 0.6 is 11.3 Å². The van der Waals surface area contributed by atoms with Crippen molar-refractivity contribution in [3.8, 4) is 0 Å². The minimum Gasteiger partial charge on any atom is -0.326 e. The Hall–Kier alpha value is -0.380. The van der Waals surface area contributed by atoms with Crippen LogP contribution in [0, 0.1) is 0 Å². The normalized spacial score (nSPS) is 26.5. The van der Waals surface area contributed by atoms with E-state index in [0.717, 1.165) is 12.8 Å². The third-order valence-electron chi connectivity index (χ3n) is 3.95. The molecule has 0 spiro atoms. The van der Waals surface area contributed by atoms with E-state index in [2.05, 4.69) is 37.8 Å². The summed E-state index contributed by atoms with van der Waals surface area (Å²) in [6.07, 6.45) is 4.85. The average Bonchev–Trinajstić information content (AvgIpc) is 2.72. The number of rotatable bonds is 3. The van der Waals surface area contributed by atoms with Gasteiger partial charge in [-0.25, -0.2) is 0 Å². The molecule has 2 unspecified atom stereocenters. The molecule has 18 heavy (non-hydrogen) atoms. The molecule has 0 saturated carbocycles. The largest absolute Gasteiger partial charge is 0.326 e. The molecule has 102 valence electrons. The van der Waals surface area contributed by atoms with Crippen molar-refractivity contribution < 1.29 is 0 Å². The van der Waals surface area contributed by atoms with Crippen molar-refractivity contribution in [1.82, 2.24) is 4.90 Å². The number of thiophene rings is 1. The molecular formula is C15H26N2S. The van der Waals surface area contributed by atoms with E-state index in [4.69, 9.17) is 5.73 Å². The topological polar surface area (TPSA) is 29.3 Å². The molecule has 0 aliphatic carbocycles. The third kappa shape index (κ3) is 2.95. The maximum atomic E-state index is 6.45. The van der Waals surface area contributed by atoms with Gasteiger partial charge in [0, 0.05) is 21.8 Å². The molecule has 0 radical (unpaired) electrons. The van der Waals surface area contributed by atoms with E-state index in [1.807, 2.05) is 11.3 Å². The minimum absolute atomic E-state index is 0.290. The van der Waals surface area contributed by atoms with Crippen LogP contribution in [0.3, 0.4) is 0 Å². The zero-order chi connectivity index (χ0) is 13.1. The third-order valence-corrected chi connectivity index (χ3v) is 5.25. The van der Waals surface area contributed by atoms with E-state index in [1.54, 1.807) is 0 Å². The second-order valence-electron chi connectivity index (χ2n) is 5.59. The SMILES string of the molecule is CCc1ccc(C2C(N)CCCCN2C(C)C)s1. The quantitative estimate of drug-likeness (QED) is 0.906. The predicted octanol–water partition coefficient (Wildman–Crippen LogP) is 3.57. The van der Waals surface area contributed by atoms with Gasteiger partial charge in [0.15, 0.2) is 0 Å². The van der Waals surface area contributed by atoms with Crippen molar-refractivity contribution in [2.75, 3.05) is 6.54 Å². The van der Waals surface area contributed by atoms with Crippen LogP contribution in [0.25, 0.3) is 0 Å². The van der Waals surface area contributed by atoms with Crippen molar-refractivity contribution in [1.29, 1.82) is 0 Å². The maximum Gasteiger partial charge on any atom is 0.0595 e. The Morgan fingerprint density at radius 2 is 2.17 bits per heavy atom. The van der Waals surface area contributed by atoms with Gasteiger partial charge in [-0.15, -0.1) is 11.3 Å². The molecule has 1 aromatic rings. The van der Waals surface area contributed by atoms with E-state index in [1.165, 1.54) is 29.1 Å². The van der Waals surface area contributed by atoms with Gasteiger partial charge in [-0.3, -0.25) is 4.90 Å². The fourth-order valence-corrected chi connectivity index (χ4v) is 4.06. The van der Waals surface area contributed by atoms with Gasteiger partial charge in [0.05, 0.1) is 6.04 Å². The molecular weight excluding hydrogens is 240 g/mol. The van der Waals surface area contributed by atoms with E-state index in [-0.39, 0.29) is 0 Å². The Bertz CT molecular complexity index is 372. The molecule has 1 aromatic heterocycles. The molecule has 0 aromatic carbocycles. The summed E-state index contributed by atoms with van der Waals surface area (Å²) in [6, 6.07) is 5.87. The lowest BCUT2D eigenvalue weighted by molar-refractivity contribution is 0.146. The van der Waals surface area contributed by atoms with Gasteiger partial charge in [-0.2, -0.15) is 0 Å². The number of nitrogens with zero attached hydrogens (tertiary/aromatic N) is 1. The Morgan fingerprint density at radius 1 is 1.39 bits per heavy atom. The van der Waals surface area contributed by atoms with Crippen molar-refractivity contribution >= 4 is 11.3 Å². The van der Waals surface area contributed by atoms with Crippen LogP contribution in [0.15, 0.2) is 12.1 Å². The second-order valence-corrected chi connectivity index (χ2v) is 6.79. The van der Waals surface area contributed by atoms with E-state index >= 15 is 0 Å². The van der Waals surface area contributed by atoms with Crippen LogP contribution in [-0.2, 0) is 6.42 Å². The van der Waals surface area contributed by atoms with Crippen LogP contribution < -0.4 is 5.73 Å². The van der Waals surface area contributed by atoms with Gasteiger partial charge >= 0.3 is 0 Å². The Labute approximate surface area is 115 Å². The summed E-state index contributed by atoms with van der Waals surface area (Å²) in [7, 11) is 0. The first-order valence-corrected chi connectivity index (χ1v) is 8.05. The van der Waals surface area contributed by atoms with E-state index < -0.39 is 0 Å². The van der Waals surface area contributed by atoms with Crippen molar-refractivity contribution in [2.45, 2.75) is 64.6 Å². The first-order chi connectivity index (χ1) is 8.63. The fourth-order valence-electron chi connectivity index (χ4n) is 2.91. The highest BCUT2D eigenvalue weighted by Gasteiger charge is 2.31. The predicted molar refractivity (Wildman–Crippen MR) is 80.1 cm³/mol. The lowest BCUT2D eigenvalue weighted by Crippen LogP contribution is -2.42. The molecule has 2 atom stereocenters. The molecule has 0 bridgehead atoms. The Morgan fingerprint density at radius 3 is 2.78 bits per heavy atom. The van der Waals surface area contributed by atoms with Gasteiger partial charge in [-0.05, 0) is 51.8 Å². The monoisotopic (exact) mass is 266 g/mol. The molecule has 2 rings (SSSR count). The minimum atomic E-state index is 0.290. The van der Waals surface area contributed by atoms with Gasteiger partial charge in [0.1, 0.15) is 0 Å². The lowest BCUT2D eigenvalue weighted by Gasteiger charge is -2.35. The lowest BCUT2D eigenvalue weighted by atomic mass is 10.0. The summed E-state index contributed by atoms with van der Waals surface area (Å²) in [5.74, 6) is 0. The number of aryl methyl sites for hydroxylation is 1. The fraction of sp³-hybridized carbons (Fsp3) is 0.733. The van der Waals surface area contributed by atoms with Crippen LogP contribution in [-0.4, -0.2) is 23.5 Å². The number of likely N-dealkylation sites (tertiary alicyclic amines) is 1. The van der Waals surface area contributed by atoms with Gasteiger partial charge < -0.3 is 5.73 Å². The molecule has 1 aliphatic rings. The molecule has 0 amide bonds. The zero-order valence-corrected chi connectivity index (χ0v) is 12.7. The highest BCUT2D eigenvalue weighted by molar-refractivity contribution is 7.12. The maximum absolute atomic E-state index is 6.45. The van der Waals surface area contributed by atoms with E-state index in [0.29, 0.717) is 18.1 Å². The van der Waals surface area contributed by atoms with Crippen LogP contribution in [0.4, 0.5) is 0 Å². The summed E-state index contributed by atoms with van der Waals surface area (Å²) in [5, 5.41) is 0. The number of nitrogens with two attached hydrogens (primary N) is 1. The van der Waals surface area contributed by atoms with Crippen molar-refractivity contribution in [3.63, 3.8) is 0 Å². The molecule has 2 heterocycles. The molecule has 1 fully saturated rings. The summed E-state index contributed by atoms with van der Waals surface area (Å²) < 4.78 is 0. The van der Waals surface area contributed by atoms with Gasteiger partial charge in [0.2, 0.25) is 0 Å². The van der Waals surface area contributed by atoms with Crippen LogP contribution in [0.5, 0.6) is 0 Å². The van der Waals surface area contributed by atoms with Gasteiger partial charge in [-0.1, -0.05) is 13.3 Å². The molecule has 1 aliphatic heterocycles. The van der Waals surface area contributed by atoms with Crippen LogP contribution in [0.2, 0.25) is 0 Å². The molecule has 3 heteroatoms. The highest BCUT2D eigenvalue weighted by atomic mass is 32.1. The van der Waals surface area contributed by atoms with Crippen molar-refractivity contribution in [3.05, 3.63) is 21.9 Å². The summed E-state index contributed by atoms with van der Waals surface area (Å²) in [6.45, 7) is 8.00. The standard InChI is InChI=1S/C15H26N2S/c1-4-12-8-9-14(18-12)15-13(16)7-5-6-10-17(15)11(2)3/h8-9,11,13,15H,4-7,10,16H2,1-3H3. The first-order valence-electron chi connectivity index (χ1n) is 7.23. The Balaban J connectivity index is 2.27. The first kappa shape index (κ1) is 14.0. The average molecular weight is 266 g/mol. The molecule has 1 saturated heterocycles. The number of hydrogen-bond donors (Lipinski definition) is 1. The Kier molecular flexibility index (Phi) is 4.82. The van der Waals surface area contributed by atoms with Crippen LogP contribution in [0.1, 0.15) is 55.8 Å². The van der Waals surface area contributed by atoms with E-state index in [9.17, 15) is 0 Å². The van der Waals surface area contributed by atoms with Crippen molar-refractivity contribution in [2.24, 2.45) is 5.73 Å². The smallest absolute Gasteiger partial charge is 0.0595 e. The highest BCUT2D eigenvalue weighted by Crippen LogP contribution is 2.35. The zero-order valence-electron chi connectivity index (χ0n) is 11.9. The van der Waals surface area contributed by atoms with Gasteiger partial charge in [0.25, 0.3) is 0 Å². The second kappa shape index (κ2) is 6.18. The molecule has 2 nitrogen and oxygen atoms in total.